The highest BCUT2D eigenvalue weighted by atomic mass is 19.4. The Kier molecular flexibility index (Phi) is 2.97. The first-order chi connectivity index (χ1) is 7.88. The number of nitrogens with one attached hydrogen (secondary N) is 1. The molecular formula is C10H15F3N2O2. The van der Waals surface area contributed by atoms with E-state index in [9.17, 15) is 18.0 Å². The third-order valence-corrected chi connectivity index (χ3v) is 3.54. The summed E-state index contributed by atoms with van der Waals surface area (Å²) in [4.78, 5) is 12.9. The molecule has 4 nitrogen and oxygen atoms in total. The first-order valence-electron chi connectivity index (χ1n) is 5.58. The van der Waals surface area contributed by atoms with Gasteiger partial charge >= 0.3 is 12.2 Å². The average molecular weight is 252 g/mol. The van der Waals surface area contributed by atoms with E-state index in [0.29, 0.717) is 13.1 Å². The Morgan fingerprint density at radius 3 is 2.41 bits per heavy atom. The molecule has 0 aromatic carbocycles. The molecule has 7 heteroatoms. The Bertz CT molecular complexity index is 309. The molecule has 0 unspecified atom stereocenters. The number of rotatable bonds is 3. The Balaban J connectivity index is 1.74. The summed E-state index contributed by atoms with van der Waals surface area (Å²) in [6.07, 6.45) is -4.05. The number of carbonyl (C=O) groups is 1. The highest BCUT2D eigenvalue weighted by Gasteiger charge is 2.63. The SMILES string of the molecule is O=C(NCC1(C(F)(F)F)CC1)N1CC(CO)C1. The molecule has 0 aromatic rings. The van der Waals surface area contributed by atoms with E-state index in [0.717, 1.165) is 0 Å². The van der Waals surface area contributed by atoms with Crippen LogP contribution in [0.3, 0.4) is 0 Å². The van der Waals surface area contributed by atoms with Crippen LogP contribution in [0, 0.1) is 11.3 Å². The first-order valence-corrected chi connectivity index (χ1v) is 5.58. The van der Waals surface area contributed by atoms with Crippen LogP contribution in [0.4, 0.5) is 18.0 Å². The molecule has 1 aliphatic carbocycles. The van der Waals surface area contributed by atoms with E-state index < -0.39 is 17.6 Å². The van der Waals surface area contributed by atoms with Crippen LogP contribution in [0.2, 0.25) is 0 Å². The maximum Gasteiger partial charge on any atom is 0.396 e. The van der Waals surface area contributed by atoms with Crippen molar-refractivity contribution in [3.63, 3.8) is 0 Å². The quantitative estimate of drug-likeness (QED) is 0.786. The highest BCUT2D eigenvalue weighted by Crippen LogP contribution is 2.57. The summed E-state index contributed by atoms with van der Waals surface area (Å²) < 4.78 is 37.7. The molecule has 17 heavy (non-hydrogen) atoms. The zero-order valence-corrected chi connectivity index (χ0v) is 9.26. The van der Waals surface area contributed by atoms with Crippen molar-refractivity contribution in [2.45, 2.75) is 19.0 Å². The van der Waals surface area contributed by atoms with Gasteiger partial charge in [0.15, 0.2) is 0 Å². The topological polar surface area (TPSA) is 52.6 Å². The van der Waals surface area contributed by atoms with E-state index in [1.165, 1.54) is 4.90 Å². The zero-order chi connectivity index (χ0) is 12.7. The summed E-state index contributed by atoms with van der Waals surface area (Å²) in [5, 5.41) is 11.1. The number of hydrogen-bond donors (Lipinski definition) is 2. The Hall–Kier alpha value is -0.980. The van der Waals surface area contributed by atoms with Gasteiger partial charge in [-0.15, -0.1) is 0 Å². The van der Waals surface area contributed by atoms with Crippen LogP contribution in [-0.2, 0) is 0 Å². The van der Waals surface area contributed by atoms with Crippen molar-refractivity contribution in [1.29, 1.82) is 0 Å². The lowest BCUT2D eigenvalue weighted by Gasteiger charge is -2.38. The predicted octanol–water partition coefficient (Wildman–Crippen LogP) is 0.963. The zero-order valence-electron chi connectivity index (χ0n) is 9.26. The molecule has 1 saturated carbocycles. The Labute approximate surface area is 96.8 Å². The maximum absolute atomic E-state index is 12.6. The van der Waals surface area contributed by atoms with Crippen LogP contribution in [-0.4, -0.2) is 48.5 Å². The Morgan fingerprint density at radius 2 is 2.00 bits per heavy atom. The fourth-order valence-corrected chi connectivity index (χ4v) is 1.92. The van der Waals surface area contributed by atoms with Gasteiger partial charge in [0.2, 0.25) is 0 Å². The number of nitrogens with zero attached hydrogens (tertiary/aromatic N) is 1. The third kappa shape index (κ3) is 2.34. The van der Waals surface area contributed by atoms with Crippen molar-refractivity contribution in [3.8, 4) is 0 Å². The van der Waals surface area contributed by atoms with Crippen molar-refractivity contribution in [2.75, 3.05) is 26.2 Å². The van der Waals surface area contributed by atoms with Crippen molar-refractivity contribution < 1.29 is 23.1 Å². The van der Waals surface area contributed by atoms with E-state index in [4.69, 9.17) is 5.11 Å². The highest BCUT2D eigenvalue weighted by molar-refractivity contribution is 5.75. The number of amides is 2. The predicted molar refractivity (Wildman–Crippen MR) is 53.3 cm³/mol. The number of halogens is 3. The second kappa shape index (κ2) is 4.04. The van der Waals surface area contributed by atoms with Gasteiger partial charge in [0.25, 0.3) is 0 Å². The fourth-order valence-electron chi connectivity index (χ4n) is 1.92. The molecular weight excluding hydrogens is 237 g/mol. The van der Waals surface area contributed by atoms with Gasteiger partial charge in [0, 0.05) is 32.2 Å². The molecule has 2 fully saturated rings. The van der Waals surface area contributed by atoms with E-state index in [-0.39, 0.29) is 31.9 Å². The fraction of sp³-hybridized carbons (Fsp3) is 0.900. The molecule has 1 heterocycles. The van der Waals surface area contributed by atoms with E-state index in [1.807, 2.05) is 0 Å². The molecule has 0 aromatic heterocycles. The number of hydrogen-bond acceptors (Lipinski definition) is 2. The normalized spacial score (nSPS) is 23.2. The van der Waals surface area contributed by atoms with E-state index >= 15 is 0 Å². The average Bonchev–Trinajstić information content (AvgIpc) is 2.92. The van der Waals surface area contributed by atoms with Crippen LogP contribution in [0.25, 0.3) is 0 Å². The lowest BCUT2D eigenvalue weighted by Crippen LogP contribution is -2.56. The van der Waals surface area contributed by atoms with E-state index in [2.05, 4.69) is 5.32 Å². The van der Waals surface area contributed by atoms with Gasteiger partial charge in [-0.3, -0.25) is 0 Å². The molecule has 2 amide bonds. The largest absolute Gasteiger partial charge is 0.396 e. The summed E-state index contributed by atoms with van der Waals surface area (Å²) >= 11 is 0. The number of urea groups is 1. The standard InChI is InChI=1S/C10H15F3N2O2/c11-10(12,13)9(1-2-9)6-14-8(17)15-3-7(4-15)5-16/h7,16H,1-6H2,(H,14,17). The van der Waals surface area contributed by atoms with Gasteiger partial charge in [-0.25, -0.2) is 4.79 Å². The molecule has 2 rings (SSSR count). The van der Waals surface area contributed by atoms with Gasteiger partial charge in [-0.1, -0.05) is 0 Å². The summed E-state index contributed by atoms with van der Waals surface area (Å²) in [6, 6.07) is -0.467. The van der Waals surface area contributed by atoms with Crippen LogP contribution < -0.4 is 5.32 Å². The molecule has 98 valence electrons. The summed E-state index contributed by atoms with van der Waals surface area (Å²) in [6.45, 7) is 0.509. The van der Waals surface area contributed by atoms with Crippen molar-refractivity contribution in [1.82, 2.24) is 10.2 Å². The smallest absolute Gasteiger partial charge is 0.396 e. The van der Waals surface area contributed by atoms with Gasteiger partial charge in [-0.05, 0) is 12.8 Å². The number of alkyl halides is 3. The van der Waals surface area contributed by atoms with Crippen molar-refractivity contribution >= 4 is 6.03 Å². The molecule has 0 bridgehead atoms. The monoisotopic (exact) mass is 252 g/mol. The second-order valence-corrected chi connectivity index (χ2v) is 4.89. The third-order valence-electron chi connectivity index (χ3n) is 3.54. The van der Waals surface area contributed by atoms with Gasteiger partial charge in [0.05, 0.1) is 5.41 Å². The Morgan fingerprint density at radius 1 is 1.41 bits per heavy atom. The maximum atomic E-state index is 12.6. The van der Waals surface area contributed by atoms with Crippen LogP contribution in [0.1, 0.15) is 12.8 Å². The minimum Gasteiger partial charge on any atom is -0.396 e. The van der Waals surface area contributed by atoms with Crippen LogP contribution in [0.5, 0.6) is 0 Å². The van der Waals surface area contributed by atoms with Gasteiger partial charge in [0.1, 0.15) is 0 Å². The van der Waals surface area contributed by atoms with Crippen LogP contribution >= 0.6 is 0 Å². The molecule has 1 saturated heterocycles. The lowest BCUT2D eigenvalue weighted by atomic mass is 10.0. The summed E-state index contributed by atoms with van der Waals surface area (Å²) in [5.74, 6) is 0.0678. The molecule has 2 aliphatic rings. The minimum atomic E-state index is -4.23. The van der Waals surface area contributed by atoms with E-state index in [1.54, 1.807) is 0 Å². The molecule has 2 N–H and O–H groups in total. The summed E-state index contributed by atoms with van der Waals surface area (Å²) in [5.41, 5.74) is -1.69. The summed E-state index contributed by atoms with van der Waals surface area (Å²) in [7, 11) is 0. The first kappa shape index (κ1) is 12.5. The molecule has 1 aliphatic heterocycles. The van der Waals surface area contributed by atoms with Gasteiger partial charge in [-0.2, -0.15) is 13.2 Å². The van der Waals surface area contributed by atoms with Crippen molar-refractivity contribution in [3.05, 3.63) is 0 Å². The minimum absolute atomic E-state index is 0.0102. The number of aliphatic hydroxyl groups excluding tert-OH is 1. The second-order valence-electron chi connectivity index (χ2n) is 4.89. The number of aliphatic hydroxyl groups is 1. The lowest BCUT2D eigenvalue weighted by molar-refractivity contribution is -0.184. The number of carbonyl (C=O) groups excluding carboxylic acids is 1. The van der Waals surface area contributed by atoms with Gasteiger partial charge < -0.3 is 15.3 Å². The molecule has 0 spiro atoms. The number of likely N-dealkylation sites (tertiary alicyclic amines) is 1. The molecule has 0 radical (unpaired) electrons. The molecule has 0 atom stereocenters. The van der Waals surface area contributed by atoms with Crippen molar-refractivity contribution in [2.24, 2.45) is 11.3 Å². The van der Waals surface area contributed by atoms with Crippen LogP contribution in [0.15, 0.2) is 0 Å².